The van der Waals surface area contributed by atoms with E-state index < -0.39 is 0 Å². The number of benzene rings is 1. The van der Waals surface area contributed by atoms with E-state index in [0.29, 0.717) is 0 Å². The molecule has 0 aliphatic carbocycles. The van der Waals surface area contributed by atoms with Crippen molar-refractivity contribution in [3.05, 3.63) is 47.7 Å². The van der Waals surface area contributed by atoms with Crippen molar-refractivity contribution < 1.29 is 0 Å². The third-order valence-electron chi connectivity index (χ3n) is 3.47. The molecule has 1 aliphatic heterocycles. The van der Waals surface area contributed by atoms with E-state index >= 15 is 0 Å². The maximum absolute atomic E-state index is 2.45. The molecule has 2 rings (SSSR count). The van der Waals surface area contributed by atoms with Crippen LogP contribution in [0, 0.1) is 5.92 Å². The fourth-order valence-corrected chi connectivity index (χ4v) is 2.35. The topological polar surface area (TPSA) is 3.24 Å². The van der Waals surface area contributed by atoms with Crippen LogP contribution in [-0.2, 0) is 6.54 Å². The number of hydrogen-bond donors (Lipinski definition) is 0. The summed E-state index contributed by atoms with van der Waals surface area (Å²) >= 11 is 0. The maximum atomic E-state index is 2.45. The van der Waals surface area contributed by atoms with Gasteiger partial charge in [-0.25, -0.2) is 0 Å². The molecule has 1 heterocycles. The van der Waals surface area contributed by atoms with E-state index in [1.807, 2.05) is 0 Å². The molecule has 16 heavy (non-hydrogen) atoms. The highest BCUT2D eigenvalue weighted by Crippen LogP contribution is 2.24. The van der Waals surface area contributed by atoms with Gasteiger partial charge in [-0.3, -0.25) is 0 Å². The van der Waals surface area contributed by atoms with Crippen molar-refractivity contribution in [3.63, 3.8) is 0 Å². The highest BCUT2D eigenvalue weighted by molar-refractivity contribution is 5.16. The molecular formula is C15H21N. The molecule has 0 bridgehead atoms. The van der Waals surface area contributed by atoms with Crippen LogP contribution in [0.5, 0.6) is 0 Å². The number of nitrogens with zero attached hydrogens (tertiary/aromatic N) is 1. The van der Waals surface area contributed by atoms with Crippen LogP contribution in [0.2, 0.25) is 0 Å². The molecule has 1 aromatic carbocycles. The first-order valence-electron chi connectivity index (χ1n) is 6.28. The van der Waals surface area contributed by atoms with E-state index in [0.717, 1.165) is 12.5 Å². The molecule has 1 nitrogen and oxygen atoms in total. The van der Waals surface area contributed by atoms with Crippen LogP contribution < -0.4 is 0 Å². The number of hydrogen-bond acceptors (Lipinski definition) is 1. The van der Waals surface area contributed by atoms with Gasteiger partial charge >= 0.3 is 0 Å². The third kappa shape index (κ3) is 2.66. The Kier molecular flexibility index (Phi) is 3.66. The zero-order valence-corrected chi connectivity index (χ0v) is 10.3. The van der Waals surface area contributed by atoms with Gasteiger partial charge < -0.3 is 4.90 Å². The van der Waals surface area contributed by atoms with Crippen LogP contribution in [0.1, 0.15) is 32.3 Å². The SMILES string of the molecule is CCC1=CN(Cc2ccccc2)CCC1C. The fraction of sp³-hybridized carbons (Fsp3) is 0.467. The quantitative estimate of drug-likeness (QED) is 0.741. The van der Waals surface area contributed by atoms with Gasteiger partial charge in [0.25, 0.3) is 0 Å². The van der Waals surface area contributed by atoms with Gasteiger partial charge in [0.05, 0.1) is 0 Å². The summed E-state index contributed by atoms with van der Waals surface area (Å²) in [4.78, 5) is 2.45. The van der Waals surface area contributed by atoms with Gasteiger partial charge in [0, 0.05) is 13.1 Å². The lowest BCUT2D eigenvalue weighted by Gasteiger charge is -2.30. The Hall–Kier alpha value is -1.24. The zero-order chi connectivity index (χ0) is 11.4. The van der Waals surface area contributed by atoms with E-state index in [4.69, 9.17) is 0 Å². The van der Waals surface area contributed by atoms with Crippen molar-refractivity contribution in [2.24, 2.45) is 5.92 Å². The predicted octanol–water partition coefficient (Wildman–Crippen LogP) is 3.82. The molecule has 0 saturated heterocycles. The van der Waals surface area contributed by atoms with Crippen LogP contribution in [0.15, 0.2) is 42.1 Å². The summed E-state index contributed by atoms with van der Waals surface area (Å²) in [6, 6.07) is 10.7. The standard InChI is InChI=1S/C15H21N/c1-3-15-12-16(10-9-13(15)2)11-14-7-5-4-6-8-14/h4-8,12-13H,3,9-11H2,1-2H3. The maximum Gasteiger partial charge on any atom is 0.0423 e. The molecule has 0 aromatic heterocycles. The minimum atomic E-state index is 0.775. The molecule has 86 valence electrons. The Labute approximate surface area is 98.8 Å². The zero-order valence-electron chi connectivity index (χ0n) is 10.3. The lowest BCUT2D eigenvalue weighted by molar-refractivity contribution is 0.310. The second-order valence-corrected chi connectivity index (χ2v) is 4.70. The molecule has 0 radical (unpaired) electrons. The molecule has 0 amide bonds. The summed E-state index contributed by atoms with van der Waals surface area (Å²) < 4.78 is 0. The van der Waals surface area contributed by atoms with E-state index in [1.54, 1.807) is 5.57 Å². The Balaban J connectivity index is 2.04. The highest BCUT2D eigenvalue weighted by Gasteiger charge is 2.15. The second kappa shape index (κ2) is 5.20. The first-order chi connectivity index (χ1) is 7.79. The summed E-state index contributed by atoms with van der Waals surface area (Å²) in [5.41, 5.74) is 3.01. The predicted molar refractivity (Wildman–Crippen MR) is 69.0 cm³/mol. The smallest absolute Gasteiger partial charge is 0.0423 e. The average Bonchev–Trinajstić information content (AvgIpc) is 2.33. The van der Waals surface area contributed by atoms with E-state index in [-0.39, 0.29) is 0 Å². The number of rotatable bonds is 3. The molecule has 1 heteroatoms. The summed E-state index contributed by atoms with van der Waals surface area (Å²) in [7, 11) is 0. The van der Waals surface area contributed by atoms with Crippen LogP contribution in [0.4, 0.5) is 0 Å². The molecule has 0 spiro atoms. The second-order valence-electron chi connectivity index (χ2n) is 4.70. The molecule has 1 aromatic rings. The van der Waals surface area contributed by atoms with Gasteiger partial charge in [-0.2, -0.15) is 0 Å². The van der Waals surface area contributed by atoms with Gasteiger partial charge in [-0.05, 0) is 30.5 Å². The van der Waals surface area contributed by atoms with Gasteiger partial charge in [0.2, 0.25) is 0 Å². The van der Waals surface area contributed by atoms with Crippen LogP contribution >= 0.6 is 0 Å². The van der Waals surface area contributed by atoms with Crippen molar-refractivity contribution in [1.82, 2.24) is 4.90 Å². The van der Waals surface area contributed by atoms with E-state index in [2.05, 4.69) is 55.3 Å². The largest absolute Gasteiger partial charge is 0.373 e. The summed E-state index contributed by atoms with van der Waals surface area (Å²) in [6.45, 7) is 6.85. The Bertz CT molecular complexity index is 353. The van der Waals surface area contributed by atoms with Crippen molar-refractivity contribution in [2.75, 3.05) is 6.54 Å². The molecule has 1 unspecified atom stereocenters. The van der Waals surface area contributed by atoms with Gasteiger partial charge in [-0.15, -0.1) is 0 Å². The minimum absolute atomic E-state index is 0.775. The van der Waals surface area contributed by atoms with Crippen LogP contribution in [0.3, 0.4) is 0 Å². The van der Waals surface area contributed by atoms with Crippen LogP contribution in [-0.4, -0.2) is 11.4 Å². The Morgan fingerprint density at radius 1 is 1.25 bits per heavy atom. The first kappa shape index (κ1) is 11.3. The lowest BCUT2D eigenvalue weighted by atomic mass is 9.93. The van der Waals surface area contributed by atoms with E-state index in [9.17, 15) is 0 Å². The highest BCUT2D eigenvalue weighted by atomic mass is 15.1. The molecule has 1 aliphatic rings. The van der Waals surface area contributed by atoms with Gasteiger partial charge in [-0.1, -0.05) is 49.8 Å². The lowest BCUT2D eigenvalue weighted by Crippen LogP contribution is -2.26. The Morgan fingerprint density at radius 3 is 2.69 bits per heavy atom. The fourth-order valence-electron chi connectivity index (χ4n) is 2.35. The third-order valence-corrected chi connectivity index (χ3v) is 3.47. The summed E-state index contributed by atoms with van der Waals surface area (Å²) in [5, 5.41) is 0. The normalized spacial score (nSPS) is 20.8. The van der Waals surface area contributed by atoms with Crippen molar-refractivity contribution in [1.29, 1.82) is 0 Å². The molecule has 1 atom stereocenters. The van der Waals surface area contributed by atoms with Crippen molar-refractivity contribution >= 4 is 0 Å². The minimum Gasteiger partial charge on any atom is -0.373 e. The summed E-state index contributed by atoms with van der Waals surface area (Å²) in [6.07, 6.45) is 4.86. The van der Waals surface area contributed by atoms with Gasteiger partial charge in [0.15, 0.2) is 0 Å². The van der Waals surface area contributed by atoms with Crippen LogP contribution in [0.25, 0.3) is 0 Å². The average molecular weight is 215 g/mol. The Morgan fingerprint density at radius 2 is 2.00 bits per heavy atom. The molecule has 0 N–H and O–H groups in total. The number of allylic oxidation sites excluding steroid dienone is 1. The van der Waals surface area contributed by atoms with E-state index in [1.165, 1.54) is 24.9 Å². The summed E-state index contributed by atoms with van der Waals surface area (Å²) in [5.74, 6) is 0.775. The van der Waals surface area contributed by atoms with Gasteiger partial charge in [0.1, 0.15) is 0 Å². The monoisotopic (exact) mass is 215 g/mol. The molecule has 0 fully saturated rings. The molecule has 0 saturated carbocycles. The molecular weight excluding hydrogens is 194 g/mol. The van der Waals surface area contributed by atoms with Crippen molar-refractivity contribution in [2.45, 2.75) is 33.2 Å². The van der Waals surface area contributed by atoms with Crippen molar-refractivity contribution in [3.8, 4) is 0 Å². The first-order valence-corrected chi connectivity index (χ1v) is 6.28.